The molecule has 0 saturated heterocycles. The second-order valence-electron chi connectivity index (χ2n) is 2.49. The van der Waals surface area contributed by atoms with E-state index in [4.69, 9.17) is 12.2 Å². The van der Waals surface area contributed by atoms with Gasteiger partial charge in [0.15, 0.2) is 0 Å². The van der Waals surface area contributed by atoms with Crippen molar-refractivity contribution in [3.8, 4) is 0 Å². The zero-order valence-corrected chi connectivity index (χ0v) is 6.53. The number of carboxylic acid groups (broad SMARTS) is 1. The lowest BCUT2D eigenvalue weighted by Gasteiger charge is -2.04. The van der Waals surface area contributed by atoms with Crippen molar-refractivity contribution in [1.29, 1.82) is 0 Å². The summed E-state index contributed by atoms with van der Waals surface area (Å²) in [4.78, 5) is 10.5. The van der Waals surface area contributed by atoms with Crippen LogP contribution in [0.4, 0.5) is 0 Å². The summed E-state index contributed by atoms with van der Waals surface area (Å²) >= 11 is 0. The molecule has 0 aliphatic rings. The number of nitrogens with two attached hydrogens (primary N) is 1. The molecule has 0 spiro atoms. The lowest BCUT2D eigenvalue weighted by Crippen LogP contribution is -2.32. The number of aliphatic carboxylic acids is 1. The third-order valence-corrected chi connectivity index (χ3v) is 1.51. The Morgan fingerprint density at radius 1 is 1.58 bits per heavy atom. The smallest absolute Gasteiger partial charge is 0.320 e. The Morgan fingerprint density at radius 2 is 2.17 bits per heavy atom. The molecule has 12 heavy (non-hydrogen) atoms. The summed E-state index contributed by atoms with van der Waals surface area (Å²) in [6.07, 6.45) is 0.0170. The molecule has 0 aliphatic carbocycles. The standard InChI is InChI=1S/C9H11NO2/c10-8(9(11)12)6-7-4-2-1-3-5-7/h1-5,8H,6,10H2,(H,11,12)/t8-/m0/s1/i8D. The van der Waals surface area contributed by atoms with Crippen LogP contribution in [0.15, 0.2) is 30.3 Å². The Kier molecular flexibility index (Phi) is 2.36. The molecule has 0 saturated carbocycles. The number of carbonyl (C=O) groups is 1. The summed E-state index contributed by atoms with van der Waals surface area (Å²) in [5, 5.41) is 8.59. The van der Waals surface area contributed by atoms with Gasteiger partial charge in [0.25, 0.3) is 0 Å². The molecule has 0 aliphatic heterocycles. The molecule has 1 rings (SSSR count). The predicted molar refractivity (Wildman–Crippen MR) is 45.8 cm³/mol. The van der Waals surface area contributed by atoms with Crippen molar-refractivity contribution >= 4 is 5.97 Å². The lowest BCUT2D eigenvalue weighted by molar-refractivity contribution is -0.138. The number of carboxylic acids is 1. The van der Waals surface area contributed by atoms with Crippen LogP contribution < -0.4 is 5.73 Å². The van der Waals surface area contributed by atoms with E-state index in [1.807, 2.05) is 6.07 Å². The third kappa shape index (κ3) is 2.36. The van der Waals surface area contributed by atoms with Crippen molar-refractivity contribution in [2.45, 2.75) is 12.4 Å². The highest BCUT2D eigenvalue weighted by molar-refractivity contribution is 5.73. The van der Waals surface area contributed by atoms with Crippen LogP contribution in [0.25, 0.3) is 0 Å². The zero-order valence-electron chi connectivity index (χ0n) is 7.53. The minimum atomic E-state index is -1.93. The summed E-state index contributed by atoms with van der Waals surface area (Å²) in [6, 6.07) is 6.96. The van der Waals surface area contributed by atoms with Crippen LogP contribution in [-0.4, -0.2) is 17.1 Å². The van der Waals surface area contributed by atoms with E-state index in [1.165, 1.54) is 0 Å². The van der Waals surface area contributed by atoms with E-state index in [0.29, 0.717) is 0 Å². The highest BCUT2D eigenvalue weighted by Gasteiger charge is 2.10. The molecule has 64 valence electrons. The van der Waals surface area contributed by atoms with Crippen LogP contribution in [0.2, 0.25) is 0 Å². The Hall–Kier alpha value is -1.35. The summed E-state index contributed by atoms with van der Waals surface area (Å²) < 4.78 is 7.30. The number of benzene rings is 1. The van der Waals surface area contributed by atoms with Crippen molar-refractivity contribution in [2.24, 2.45) is 5.73 Å². The van der Waals surface area contributed by atoms with E-state index in [-0.39, 0.29) is 6.42 Å². The first-order valence-corrected chi connectivity index (χ1v) is 3.58. The maximum Gasteiger partial charge on any atom is 0.320 e. The SMILES string of the molecule is [2H][C@](N)(Cc1ccccc1)C(=O)O. The van der Waals surface area contributed by atoms with E-state index in [0.717, 1.165) is 5.56 Å². The summed E-state index contributed by atoms with van der Waals surface area (Å²) in [5.74, 6) is -1.31. The maximum atomic E-state index is 10.5. The number of hydrogen-bond acceptors (Lipinski definition) is 2. The molecule has 0 aromatic heterocycles. The van der Waals surface area contributed by atoms with Gasteiger partial charge in [-0.15, -0.1) is 0 Å². The molecular formula is C9H11NO2. The van der Waals surface area contributed by atoms with Crippen molar-refractivity contribution in [2.75, 3.05) is 0 Å². The Labute approximate surface area is 72.2 Å². The van der Waals surface area contributed by atoms with Crippen molar-refractivity contribution in [3.63, 3.8) is 0 Å². The Morgan fingerprint density at radius 3 is 2.67 bits per heavy atom. The molecule has 1 atom stereocenters. The van der Waals surface area contributed by atoms with Crippen LogP contribution in [0.3, 0.4) is 0 Å². The minimum Gasteiger partial charge on any atom is -0.480 e. The van der Waals surface area contributed by atoms with E-state index in [9.17, 15) is 4.79 Å². The highest BCUT2D eigenvalue weighted by atomic mass is 16.4. The maximum absolute atomic E-state index is 10.5. The lowest BCUT2D eigenvalue weighted by atomic mass is 10.1. The number of hydrogen-bond donors (Lipinski definition) is 2. The molecule has 0 unspecified atom stereocenters. The second kappa shape index (κ2) is 3.88. The van der Waals surface area contributed by atoms with Crippen LogP contribution >= 0.6 is 0 Å². The fourth-order valence-electron chi connectivity index (χ4n) is 0.891. The first-order chi connectivity index (χ1) is 6.02. The minimum absolute atomic E-state index is 0.0170. The van der Waals surface area contributed by atoms with Gasteiger partial charge in [-0.25, -0.2) is 0 Å². The van der Waals surface area contributed by atoms with Crippen LogP contribution in [0.1, 0.15) is 6.93 Å². The monoisotopic (exact) mass is 166 g/mol. The predicted octanol–water partition coefficient (Wildman–Crippen LogP) is 0.641. The molecule has 0 radical (unpaired) electrons. The van der Waals surface area contributed by atoms with Crippen LogP contribution in [0, 0.1) is 0 Å². The van der Waals surface area contributed by atoms with Gasteiger partial charge in [-0.3, -0.25) is 4.79 Å². The van der Waals surface area contributed by atoms with Crippen molar-refractivity contribution < 1.29 is 11.3 Å². The van der Waals surface area contributed by atoms with Gasteiger partial charge < -0.3 is 10.8 Å². The first kappa shape index (κ1) is 7.31. The van der Waals surface area contributed by atoms with Crippen LogP contribution in [0.5, 0.6) is 0 Å². The van der Waals surface area contributed by atoms with Gasteiger partial charge in [0.2, 0.25) is 0 Å². The average Bonchev–Trinajstić information content (AvgIpc) is 2.05. The number of rotatable bonds is 3. The molecular weight excluding hydrogens is 154 g/mol. The van der Waals surface area contributed by atoms with E-state index in [1.54, 1.807) is 24.3 Å². The quantitative estimate of drug-likeness (QED) is 0.692. The molecule has 1 aromatic carbocycles. The largest absolute Gasteiger partial charge is 0.480 e. The van der Waals surface area contributed by atoms with Gasteiger partial charge >= 0.3 is 5.97 Å². The Bertz CT molecular complexity index is 298. The van der Waals surface area contributed by atoms with Gasteiger partial charge in [0, 0.05) is 0 Å². The van der Waals surface area contributed by atoms with E-state index < -0.39 is 12.0 Å². The summed E-state index contributed by atoms with van der Waals surface area (Å²) in [7, 11) is 0. The molecule has 1 aromatic rings. The van der Waals surface area contributed by atoms with Crippen molar-refractivity contribution in [1.82, 2.24) is 0 Å². The third-order valence-electron chi connectivity index (χ3n) is 1.51. The Balaban J connectivity index is 2.75. The molecule has 0 bridgehead atoms. The molecule has 0 heterocycles. The fourth-order valence-corrected chi connectivity index (χ4v) is 0.891. The summed E-state index contributed by atoms with van der Waals surface area (Å²) in [5.41, 5.74) is 6.01. The van der Waals surface area contributed by atoms with Crippen molar-refractivity contribution in [3.05, 3.63) is 35.9 Å². The zero-order chi connectivity index (χ0) is 9.90. The second-order valence-corrected chi connectivity index (χ2v) is 2.49. The normalized spacial score (nSPS) is 16.2. The molecule has 3 N–H and O–H groups in total. The van der Waals surface area contributed by atoms with Gasteiger partial charge in [-0.05, 0) is 12.0 Å². The van der Waals surface area contributed by atoms with Gasteiger partial charge in [-0.1, -0.05) is 30.3 Å². The van der Waals surface area contributed by atoms with E-state index in [2.05, 4.69) is 0 Å². The van der Waals surface area contributed by atoms with E-state index >= 15 is 0 Å². The van der Waals surface area contributed by atoms with Gasteiger partial charge in [-0.2, -0.15) is 0 Å². The van der Waals surface area contributed by atoms with Gasteiger partial charge in [0.1, 0.15) is 6.02 Å². The molecule has 3 heteroatoms. The average molecular weight is 166 g/mol. The van der Waals surface area contributed by atoms with Gasteiger partial charge in [0.05, 0.1) is 1.37 Å². The highest BCUT2D eigenvalue weighted by Crippen LogP contribution is 2.01. The molecule has 0 fully saturated rings. The topological polar surface area (TPSA) is 63.3 Å². The summed E-state index contributed by atoms with van der Waals surface area (Å²) in [6.45, 7) is 0. The molecule has 3 nitrogen and oxygen atoms in total. The fraction of sp³-hybridized carbons (Fsp3) is 0.222. The van der Waals surface area contributed by atoms with Crippen LogP contribution in [-0.2, 0) is 11.2 Å². The molecule has 0 amide bonds. The first-order valence-electron chi connectivity index (χ1n) is 4.08.